The van der Waals surface area contributed by atoms with Crippen LogP contribution in [0.1, 0.15) is 30.6 Å². The third-order valence-corrected chi connectivity index (χ3v) is 3.16. The summed E-state index contributed by atoms with van der Waals surface area (Å²) in [6, 6.07) is 7.66. The topological polar surface area (TPSA) is 38.3 Å². The predicted molar refractivity (Wildman–Crippen MR) is 69.9 cm³/mol. The molecule has 0 aromatic heterocycles. The molecule has 3 nitrogen and oxygen atoms in total. The van der Waals surface area contributed by atoms with Crippen molar-refractivity contribution in [1.29, 1.82) is 0 Å². The van der Waals surface area contributed by atoms with Crippen LogP contribution in [0.3, 0.4) is 0 Å². The number of rotatable bonds is 3. The molecule has 2 atom stereocenters. The number of carbonyl (C=O) groups excluding carboxylic acids is 1. The van der Waals surface area contributed by atoms with E-state index in [0.717, 1.165) is 18.4 Å². The summed E-state index contributed by atoms with van der Waals surface area (Å²) in [6.07, 6.45) is 6.39. The first kappa shape index (κ1) is 12.7. The highest BCUT2D eigenvalue weighted by Crippen LogP contribution is 2.27. The second-order valence-corrected chi connectivity index (χ2v) is 4.34. The summed E-state index contributed by atoms with van der Waals surface area (Å²) in [7, 11) is 0. The molecule has 0 spiro atoms. The largest absolute Gasteiger partial charge is 0.363 e. The van der Waals surface area contributed by atoms with Crippen LogP contribution in [0.2, 0.25) is 0 Å². The lowest BCUT2D eigenvalue weighted by atomic mass is 9.97. The summed E-state index contributed by atoms with van der Waals surface area (Å²) in [6.45, 7) is 2.52. The van der Waals surface area contributed by atoms with Crippen molar-refractivity contribution in [3.63, 3.8) is 0 Å². The van der Waals surface area contributed by atoms with Crippen molar-refractivity contribution in [1.82, 2.24) is 5.32 Å². The summed E-state index contributed by atoms with van der Waals surface area (Å²) < 4.78 is 5.58. The molecule has 0 bridgehead atoms. The standard InChI is InChI=1S/C15H17NO2/c1-3-12(4-2)16-15(17)14-13-8-6-5-7-11(13)9-10-18-14/h1,5-8,12,14H,4,9-10H2,2H3,(H,16,17). The molecule has 1 amide bonds. The van der Waals surface area contributed by atoms with Crippen LogP contribution in [0, 0.1) is 12.3 Å². The molecule has 0 radical (unpaired) electrons. The fraction of sp³-hybridized carbons (Fsp3) is 0.400. The van der Waals surface area contributed by atoms with Crippen LogP contribution in [-0.2, 0) is 16.0 Å². The number of fused-ring (bicyclic) bond motifs is 1. The van der Waals surface area contributed by atoms with Gasteiger partial charge in [0.15, 0.2) is 6.10 Å². The van der Waals surface area contributed by atoms with Gasteiger partial charge >= 0.3 is 0 Å². The molecule has 0 fully saturated rings. The van der Waals surface area contributed by atoms with E-state index in [9.17, 15) is 4.79 Å². The van der Waals surface area contributed by atoms with Gasteiger partial charge in [-0.15, -0.1) is 6.42 Å². The third kappa shape index (κ3) is 2.55. The van der Waals surface area contributed by atoms with Crippen molar-refractivity contribution >= 4 is 5.91 Å². The highest BCUT2D eigenvalue weighted by molar-refractivity contribution is 5.83. The van der Waals surface area contributed by atoms with Crippen LogP contribution in [0.25, 0.3) is 0 Å². The second kappa shape index (κ2) is 5.70. The monoisotopic (exact) mass is 243 g/mol. The van der Waals surface area contributed by atoms with Gasteiger partial charge in [0.05, 0.1) is 12.6 Å². The van der Waals surface area contributed by atoms with Crippen molar-refractivity contribution in [2.45, 2.75) is 31.9 Å². The first-order valence-corrected chi connectivity index (χ1v) is 6.22. The number of nitrogens with one attached hydrogen (secondary N) is 1. The van der Waals surface area contributed by atoms with Gasteiger partial charge < -0.3 is 10.1 Å². The Balaban J connectivity index is 2.15. The average Bonchev–Trinajstić information content (AvgIpc) is 2.43. The van der Waals surface area contributed by atoms with Crippen LogP contribution in [0.15, 0.2) is 24.3 Å². The minimum Gasteiger partial charge on any atom is -0.363 e. The van der Waals surface area contributed by atoms with Crippen LogP contribution < -0.4 is 5.32 Å². The molecule has 0 saturated carbocycles. The molecule has 1 aliphatic heterocycles. The van der Waals surface area contributed by atoms with Gasteiger partial charge in [0.25, 0.3) is 5.91 Å². The molecule has 2 unspecified atom stereocenters. The summed E-state index contributed by atoms with van der Waals surface area (Å²) in [5.41, 5.74) is 2.13. The minimum atomic E-state index is -0.530. The van der Waals surface area contributed by atoms with E-state index < -0.39 is 6.10 Å². The van der Waals surface area contributed by atoms with E-state index in [-0.39, 0.29) is 11.9 Å². The Morgan fingerprint density at radius 1 is 1.61 bits per heavy atom. The molecule has 1 aromatic carbocycles. The van der Waals surface area contributed by atoms with Gasteiger partial charge in [-0.2, -0.15) is 0 Å². The van der Waals surface area contributed by atoms with Crippen LogP contribution in [-0.4, -0.2) is 18.6 Å². The van der Waals surface area contributed by atoms with Crippen LogP contribution in [0.4, 0.5) is 0 Å². The molecule has 2 rings (SSSR count). The van der Waals surface area contributed by atoms with Crippen molar-refractivity contribution in [3.05, 3.63) is 35.4 Å². The summed E-state index contributed by atoms with van der Waals surface area (Å²) in [5, 5.41) is 2.83. The van der Waals surface area contributed by atoms with Crippen LogP contribution in [0.5, 0.6) is 0 Å². The van der Waals surface area contributed by atoms with E-state index in [0.29, 0.717) is 6.61 Å². The molecular weight excluding hydrogens is 226 g/mol. The first-order chi connectivity index (χ1) is 8.76. The summed E-state index contributed by atoms with van der Waals surface area (Å²) in [4.78, 5) is 12.2. The first-order valence-electron chi connectivity index (χ1n) is 6.22. The molecule has 3 heteroatoms. The highest BCUT2D eigenvalue weighted by atomic mass is 16.5. The zero-order valence-electron chi connectivity index (χ0n) is 10.5. The zero-order valence-corrected chi connectivity index (χ0v) is 10.5. The molecule has 1 heterocycles. The van der Waals surface area contributed by atoms with Crippen LogP contribution >= 0.6 is 0 Å². The molecule has 0 saturated heterocycles. The molecule has 94 valence electrons. The Bertz CT molecular complexity index is 476. The number of terminal acetylenes is 1. The number of amides is 1. The molecule has 1 aliphatic rings. The minimum absolute atomic E-state index is 0.146. The average molecular weight is 243 g/mol. The van der Waals surface area contributed by atoms with E-state index in [1.165, 1.54) is 5.56 Å². The van der Waals surface area contributed by atoms with Gasteiger partial charge in [-0.25, -0.2) is 0 Å². The number of hydrogen-bond donors (Lipinski definition) is 1. The lowest BCUT2D eigenvalue weighted by molar-refractivity contribution is -0.134. The highest BCUT2D eigenvalue weighted by Gasteiger charge is 2.27. The van der Waals surface area contributed by atoms with E-state index in [1.54, 1.807) is 0 Å². The maximum absolute atomic E-state index is 12.2. The summed E-state index contributed by atoms with van der Waals surface area (Å²) in [5.74, 6) is 2.41. The Kier molecular flexibility index (Phi) is 4.01. The van der Waals surface area contributed by atoms with Crippen molar-refractivity contribution in [2.24, 2.45) is 0 Å². The Labute approximate surface area is 108 Å². The fourth-order valence-electron chi connectivity index (χ4n) is 2.12. The smallest absolute Gasteiger partial charge is 0.254 e. The lowest BCUT2D eigenvalue weighted by Crippen LogP contribution is -2.39. The van der Waals surface area contributed by atoms with Crippen molar-refractivity contribution in [2.75, 3.05) is 6.61 Å². The van der Waals surface area contributed by atoms with Gasteiger partial charge in [0.2, 0.25) is 0 Å². The zero-order chi connectivity index (χ0) is 13.0. The number of benzene rings is 1. The molecule has 1 aromatic rings. The number of hydrogen-bond acceptors (Lipinski definition) is 2. The fourth-order valence-corrected chi connectivity index (χ4v) is 2.12. The Morgan fingerprint density at radius 3 is 3.11 bits per heavy atom. The SMILES string of the molecule is C#CC(CC)NC(=O)C1OCCc2ccccc21. The normalized spacial score (nSPS) is 19.4. The van der Waals surface area contributed by atoms with Gasteiger partial charge in [-0.3, -0.25) is 4.79 Å². The maximum Gasteiger partial charge on any atom is 0.254 e. The molecule has 1 N–H and O–H groups in total. The van der Waals surface area contributed by atoms with Gasteiger partial charge in [0, 0.05) is 0 Å². The van der Waals surface area contributed by atoms with E-state index in [4.69, 9.17) is 11.2 Å². The maximum atomic E-state index is 12.2. The third-order valence-electron chi connectivity index (χ3n) is 3.16. The Hall–Kier alpha value is -1.79. The lowest BCUT2D eigenvalue weighted by Gasteiger charge is -2.26. The molecule has 18 heavy (non-hydrogen) atoms. The van der Waals surface area contributed by atoms with Crippen molar-refractivity contribution < 1.29 is 9.53 Å². The van der Waals surface area contributed by atoms with E-state index in [2.05, 4.69) is 11.2 Å². The quantitative estimate of drug-likeness (QED) is 0.822. The summed E-state index contributed by atoms with van der Waals surface area (Å²) >= 11 is 0. The second-order valence-electron chi connectivity index (χ2n) is 4.34. The molecule has 0 aliphatic carbocycles. The van der Waals surface area contributed by atoms with E-state index in [1.807, 2.05) is 31.2 Å². The van der Waals surface area contributed by atoms with Gasteiger partial charge in [-0.1, -0.05) is 37.1 Å². The predicted octanol–water partition coefficient (Wildman–Crippen LogP) is 1.83. The number of ether oxygens (including phenoxy) is 1. The van der Waals surface area contributed by atoms with Crippen molar-refractivity contribution in [3.8, 4) is 12.3 Å². The molecular formula is C15H17NO2. The van der Waals surface area contributed by atoms with Gasteiger partial charge in [0.1, 0.15) is 0 Å². The van der Waals surface area contributed by atoms with E-state index >= 15 is 0 Å². The van der Waals surface area contributed by atoms with Gasteiger partial charge in [-0.05, 0) is 24.0 Å². The Morgan fingerprint density at radius 2 is 2.39 bits per heavy atom. The number of carbonyl (C=O) groups is 1.